The lowest BCUT2D eigenvalue weighted by atomic mass is 9.93. The van der Waals surface area contributed by atoms with Crippen molar-refractivity contribution in [1.82, 2.24) is 5.32 Å². The van der Waals surface area contributed by atoms with E-state index in [9.17, 15) is 14.3 Å². The molecule has 1 aliphatic carbocycles. The Bertz CT molecular complexity index is 470. The lowest BCUT2D eigenvalue weighted by Gasteiger charge is -2.28. The molecule has 1 fully saturated rings. The highest BCUT2D eigenvalue weighted by molar-refractivity contribution is 9.10. The standard InChI is InChI=1S/C13H16BrFN2O2/c14-9-6-5-8(15)7-11(9)17-13(19)16-10-3-1-2-4-12(10)18/h5-7,10,12,18H,1-4H2,(H2,16,17,19). The molecule has 2 atom stereocenters. The first-order chi connectivity index (χ1) is 9.06. The second kappa shape index (κ2) is 6.34. The van der Waals surface area contributed by atoms with Gasteiger partial charge in [0.1, 0.15) is 5.82 Å². The van der Waals surface area contributed by atoms with Crippen LogP contribution in [-0.4, -0.2) is 23.3 Å². The fourth-order valence-electron chi connectivity index (χ4n) is 2.20. The summed E-state index contributed by atoms with van der Waals surface area (Å²) in [6.07, 6.45) is 2.94. The SMILES string of the molecule is O=C(Nc1cc(F)ccc1Br)NC1CCCCC1O. The van der Waals surface area contributed by atoms with E-state index in [2.05, 4.69) is 26.6 Å². The summed E-state index contributed by atoms with van der Waals surface area (Å²) >= 11 is 3.24. The second-order valence-electron chi connectivity index (χ2n) is 4.68. The van der Waals surface area contributed by atoms with Gasteiger partial charge < -0.3 is 15.7 Å². The Morgan fingerprint density at radius 2 is 2.11 bits per heavy atom. The summed E-state index contributed by atoms with van der Waals surface area (Å²) in [5.74, 6) is -0.420. The van der Waals surface area contributed by atoms with Gasteiger partial charge in [-0.05, 0) is 47.0 Å². The molecule has 2 unspecified atom stereocenters. The zero-order chi connectivity index (χ0) is 13.8. The molecule has 3 N–H and O–H groups in total. The third kappa shape index (κ3) is 3.91. The minimum atomic E-state index is -0.504. The van der Waals surface area contributed by atoms with Crippen molar-refractivity contribution in [2.24, 2.45) is 0 Å². The molecule has 1 saturated carbocycles. The minimum absolute atomic E-state index is 0.235. The number of nitrogens with one attached hydrogen (secondary N) is 2. The Labute approximate surface area is 119 Å². The van der Waals surface area contributed by atoms with Crippen LogP contribution in [0.2, 0.25) is 0 Å². The van der Waals surface area contributed by atoms with E-state index in [0.717, 1.165) is 19.3 Å². The molecule has 1 aliphatic rings. The number of hydrogen-bond donors (Lipinski definition) is 3. The molecule has 2 amide bonds. The Balaban J connectivity index is 1.95. The van der Waals surface area contributed by atoms with Crippen LogP contribution in [0, 0.1) is 5.82 Å². The third-order valence-corrected chi connectivity index (χ3v) is 3.91. The third-order valence-electron chi connectivity index (χ3n) is 3.22. The summed E-state index contributed by atoms with van der Waals surface area (Å²) in [5, 5.41) is 15.1. The molecule has 104 valence electrons. The van der Waals surface area contributed by atoms with E-state index in [0.29, 0.717) is 16.6 Å². The average molecular weight is 331 g/mol. The summed E-state index contributed by atoms with van der Waals surface area (Å²) in [6, 6.07) is 3.40. The van der Waals surface area contributed by atoms with Crippen LogP contribution in [0.3, 0.4) is 0 Å². The van der Waals surface area contributed by atoms with Crippen LogP contribution in [0.15, 0.2) is 22.7 Å². The normalized spacial score (nSPS) is 22.9. The van der Waals surface area contributed by atoms with Gasteiger partial charge in [0.05, 0.1) is 17.8 Å². The van der Waals surface area contributed by atoms with Gasteiger partial charge in [0.15, 0.2) is 0 Å². The molecule has 0 heterocycles. The molecule has 1 aromatic carbocycles. The molecule has 4 nitrogen and oxygen atoms in total. The zero-order valence-corrected chi connectivity index (χ0v) is 11.9. The van der Waals surface area contributed by atoms with Gasteiger partial charge in [-0.15, -0.1) is 0 Å². The van der Waals surface area contributed by atoms with Gasteiger partial charge in [0, 0.05) is 4.47 Å². The number of anilines is 1. The Kier molecular flexibility index (Phi) is 4.76. The number of rotatable bonds is 2. The number of amides is 2. The lowest BCUT2D eigenvalue weighted by molar-refractivity contribution is 0.0955. The summed E-state index contributed by atoms with van der Waals surface area (Å²) in [4.78, 5) is 11.8. The summed E-state index contributed by atoms with van der Waals surface area (Å²) in [5.41, 5.74) is 0.364. The molecule has 0 aromatic heterocycles. The molecule has 19 heavy (non-hydrogen) atoms. The van der Waals surface area contributed by atoms with Crippen LogP contribution in [-0.2, 0) is 0 Å². The van der Waals surface area contributed by atoms with Gasteiger partial charge in [0.25, 0.3) is 0 Å². The van der Waals surface area contributed by atoms with E-state index in [1.165, 1.54) is 18.2 Å². The van der Waals surface area contributed by atoms with Gasteiger partial charge in [-0.25, -0.2) is 9.18 Å². The zero-order valence-electron chi connectivity index (χ0n) is 10.3. The summed E-state index contributed by atoms with van der Waals surface area (Å²) in [7, 11) is 0. The van der Waals surface area contributed by atoms with Gasteiger partial charge in [0.2, 0.25) is 0 Å². The monoisotopic (exact) mass is 330 g/mol. The van der Waals surface area contributed by atoms with Gasteiger partial charge >= 0.3 is 6.03 Å². The van der Waals surface area contributed by atoms with Crippen molar-refractivity contribution < 1.29 is 14.3 Å². The van der Waals surface area contributed by atoms with E-state index in [1.807, 2.05) is 0 Å². The number of carbonyl (C=O) groups is 1. The second-order valence-corrected chi connectivity index (χ2v) is 5.54. The first-order valence-electron chi connectivity index (χ1n) is 6.27. The number of urea groups is 1. The fourth-order valence-corrected chi connectivity index (χ4v) is 2.55. The maximum absolute atomic E-state index is 13.1. The van der Waals surface area contributed by atoms with Crippen LogP contribution in [0.5, 0.6) is 0 Å². The number of benzene rings is 1. The van der Waals surface area contributed by atoms with Crippen molar-refractivity contribution >= 4 is 27.6 Å². The Morgan fingerprint density at radius 3 is 2.84 bits per heavy atom. The highest BCUT2D eigenvalue weighted by Crippen LogP contribution is 2.23. The molecular weight excluding hydrogens is 315 g/mol. The predicted octanol–water partition coefficient (Wildman–Crippen LogP) is 3.01. The van der Waals surface area contributed by atoms with Crippen LogP contribution < -0.4 is 10.6 Å². The van der Waals surface area contributed by atoms with Crippen LogP contribution in [0.25, 0.3) is 0 Å². The van der Waals surface area contributed by atoms with E-state index in [1.54, 1.807) is 0 Å². The first kappa shape index (κ1) is 14.3. The quantitative estimate of drug-likeness (QED) is 0.780. The maximum Gasteiger partial charge on any atom is 0.319 e. The molecule has 0 saturated heterocycles. The van der Waals surface area contributed by atoms with Crippen molar-refractivity contribution in [3.63, 3.8) is 0 Å². The van der Waals surface area contributed by atoms with E-state index in [-0.39, 0.29) is 6.04 Å². The number of aliphatic hydroxyl groups excluding tert-OH is 1. The van der Waals surface area contributed by atoms with Crippen molar-refractivity contribution in [3.8, 4) is 0 Å². The Hall–Kier alpha value is -1.14. The topological polar surface area (TPSA) is 61.4 Å². The molecule has 2 rings (SSSR count). The lowest BCUT2D eigenvalue weighted by Crippen LogP contribution is -2.46. The summed E-state index contributed by atoms with van der Waals surface area (Å²) in [6.45, 7) is 0. The average Bonchev–Trinajstić information content (AvgIpc) is 2.37. The molecule has 6 heteroatoms. The molecular formula is C13H16BrFN2O2. The van der Waals surface area contributed by atoms with E-state index >= 15 is 0 Å². The molecule has 0 bridgehead atoms. The number of hydrogen-bond acceptors (Lipinski definition) is 2. The minimum Gasteiger partial charge on any atom is -0.391 e. The largest absolute Gasteiger partial charge is 0.391 e. The van der Waals surface area contributed by atoms with Crippen molar-refractivity contribution in [2.75, 3.05) is 5.32 Å². The van der Waals surface area contributed by atoms with Crippen molar-refractivity contribution in [2.45, 2.75) is 37.8 Å². The van der Waals surface area contributed by atoms with E-state index < -0.39 is 18.0 Å². The predicted molar refractivity (Wildman–Crippen MR) is 74.5 cm³/mol. The Morgan fingerprint density at radius 1 is 1.37 bits per heavy atom. The summed E-state index contributed by atoms with van der Waals surface area (Å²) < 4.78 is 13.7. The van der Waals surface area contributed by atoms with Crippen LogP contribution in [0.1, 0.15) is 25.7 Å². The number of aliphatic hydroxyl groups is 1. The smallest absolute Gasteiger partial charge is 0.319 e. The molecule has 0 spiro atoms. The first-order valence-corrected chi connectivity index (χ1v) is 7.06. The molecule has 0 radical (unpaired) electrons. The highest BCUT2D eigenvalue weighted by Gasteiger charge is 2.24. The fraction of sp³-hybridized carbons (Fsp3) is 0.462. The van der Waals surface area contributed by atoms with Crippen LogP contribution in [0.4, 0.5) is 14.9 Å². The van der Waals surface area contributed by atoms with Crippen molar-refractivity contribution in [1.29, 1.82) is 0 Å². The number of halogens is 2. The van der Waals surface area contributed by atoms with Gasteiger partial charge in [-0.1, -0.05) is 12.8 Å². The van der Waals surface area contributed by atoms with Crippen LogP contribution >= 0.6 is 15.9 Å². The highest BCUT2D eigenvalue weighted by atomic mass is 79.9. The molecule has 1 aromatic rings. The van der Waals surface area contributed by atoms with Crippen molar-refractivity contribution in [3.05, 3.63) is 28.5 Å². The van der Waals surface area contributed by atoms with Gasteiger partial charge in [-0.3, -0.25) is 0 Å². The number of carbonyl (C=O) groups excluding carboxylic acids is 1. The van der Waals surface area contributed by atoms with E-state index in [4.69, 9.17) is 0 Å². The van der Waals surface area contributed by atoms with Gasteiger partial charge in [-0.2, -0.15) is 0 Å². The molecule has 0 aliphatic heterocycles. The maximum atomic E-state index is 13.1.